The summed E-state index contributed by atoms with van der Waals surface area (Å²) in [5.74, 6) is 0.316. The molecule has 2 aromatic heterocycles. The van der Waals surface area contributed by atoms with Crippen LogP contribution in [0.25, 0.3) is 11.5 Å². The van der Waals surface area contributed by atoms with Crippen LogP contribution in [0.2, 0.25) is 0 Å². The highest BCUT2D eigenvalue weighted by atomic mass is 16.3. The van der Waals surface area contributed by atoms with E-state index < -0.39 is 5.56 Å². The van der Waals surface area contributed by atoms with Gasteiger partial charge in [-0.05, 0) is 18.6 Å². The molecule has 0 bridgehead atoms. The summed E-state index contributed by atoms with van der Waals surface area (Å²) in [5.41, 5.74) is 0.262. The lowest BCUT2D eigenvalue weighted by atomic mass is 10.1. The lowest BCUT2D eigenvalue weighted by Gasteiger charge is -2.10. The summed E-state index contributed by atoms with van der Waals surface area (Å²) in [6.07, 6.45) is 1.89. The van der Waals surface area contributed by atoms with Crippen molar-refractivity contribution in [3.63, 3.8) is 0 Å². The lowest BCUT2D eigenvalue weighted by Crippen LogP contribution is -2.25. The van der Waals surface area contributed by atoms with Crippen molar-refractivity contribution >= 4 is 5.71 Å². The second kappa shape index (κ2) is 4.52. The molecule has 0 aliphatic carbocycles. The van der Waals surface area contributed by atoms with Crippen LogP contribution in [0.5, 0.6) is 5.75 Å². The Morgan fingerprint density at radius 3 is 2.83 bits per heavy atom. The summed E-state index contributed by atoms with van der Waals surface area (Å²) in [7, 11) is 1.59. The normalized spacial score (nSPS) is 10.6. The summed E-state index contributed by atoms with van der Waals surface area (Å²) in [6, 6.07) is 4.86. The number of rotatable bonds is 3. The maximum atomic E-state index is 12.1. The second-order valence-electron chi connectivity index (χ2n) is 3.96. The highest BCUT2D eigenvalue weighted by molar-refractivity contribution is 6.00. The minimum absolute atomic E-state index is 0.0512. The van der Waals surface area contributed by atoms with Gasteiger partial charge in [-0.3, -0.25) is 4.79 Å². The van der Waals surface area contributed by atoms with Gasteiger partial charge in [0.15, 0.2) is 0 Å². The van der Waals surface area contributed by atoms with E-state index in [0.29, 0.717) is 17.9 Å². The van der Waals surface area contributed by atoms with E-state index in [9.17, 15) is 9.90 Å². The Morgan fingerprint density at radius 2 is 2.28 bits per heavy atom. The zero-order valence-electron chi connectivity index (χ0n) is 10.2. The zero-order chi connectivity index (χ0) is 13.3. The second-order valence-corrected chi connectivity index (χ2v) is 3.96. The summed E-state index contributed by atoms with van der Waals surface area (Å²) in [5, 5.41) is 17.6. The van der Waals surface area contributed by atoms with Crippen LogP contribution in [0, 0.1) is 5.41 Å². The van der Waals surface area contributed by atoms with Crippen LogP contribution in [0.15, 0.2) is 33.7 Å². The highest BCUT2D eigenvalue weighted by Gasteiger charge is 2.17. The molecule has 0 aromatic carbocycles. The third-order valence-corrected chi connectivity index (χ3v) is 2.84. The molecular weight excluding hydrogens is 232 g/mol. The molecule has 0 unspecified atom stereocenters. The van der Waals surface area contributed by atoms with E-state index in [1.807, 2.05) is 0 Å². The van der Waals surface area contributed by atoms with Crippen LogP contribution in [0.4, 0.5) is 0 Å². The molecule has 2 rings (SSSR count). The predicted octanol–water partition coefficient (Wildman–Crippen LogP) is 2.13. The maximum absolute atomic E-state index is 12.1. The molecule has 18 heavy (non-hydrogen) atoms. The van der Waals surface area contributed by atoms with Gasteiger partial charge in [-0.25, -0.2) is 0 Å². The number of aromatic nitrogens is 1. The van der Waals surface area contributed by atoms with E-state index in [-0.39, 0.29) is 17.0 Å². The molecule has 0 radical (unpaired) electrons. The molecule has 2 aromatic rings. The van der Waals surface area contributed by atoms with E-state index in [1.54, 1.807) is 26.1 Å². The summed E-state index contributed by atoms with van der Waals surface area (Å²) < 4.78 is 6.59. The standard InChI is InChI=1S/C13H14N2O3/c1-3-8(14)12-10(16)7-9(15(2)13(12)17)11-5-4-6-18-11/h4-7,14,16H,3H2,1-2H3. The molecule has 94 valence electrons. The fourth-order valence-corrected chi connectivity index (χ4v) is 1.81. The van der Waals surface area contributed by atoms with Crippen molar-refractivity contribution in [2.24, 2.45) is 7.05 Å². The highest BCUT2D eigenvalue weighted by Crippen LogP contribution is 2.24. The predicted molar refractivity (Wildman–Crippen MR) is 68.2 cm³/mol. The van der Waals surface area contributed by atoms with Crippen LogP contribution in [0.1, 0.15) is 18.9 Å². The Kier molecular flexibility index (Phi) is 3.06. The molecule has 2 N–H and O–H groups in total. The smallest absolute Gasteiger partial charge is 0.263 e. The number of pyridine rings is 1. The molecule has 0 fully saturated rings. The summed E-state index contributed by atoms with van der Waals surface area (Å²) in [4.78, 5) is 12.1. The van der Waals surface area contributed by atoms with Crippen molar-refractivity contribution in [1.82, 2.24) is 4.57 Å². The number of furan rings is 1. The van der Waals surface area contributed by atoms with Crippen LogP contribution >= 0.6 is 0 Å². The number of nitrogens with one attached hydrogen (secondary N) is 1. The van der Waals surface area contributed by atoms with Crippen LogP contribution in [-0.2, 0) is 7.05 Å². The molecule has 0 saturated heterocycles. The first-order chi connectivity index (χ1) is 8.56. The molecule has 5 nitrogen and oxygen atoms in total. The fraction of sp³-hybridized carbons (Fsp3) is 0.231. The molecule has 0 aliphatic rings. The molecular formula is C13H14N2O3. The Balaban J connectivity index is 2.70. The van der Waals surface area contributed by atoms with Gasteiger partial charge < -0.3 is 19.5 Å². The van der Waals surface area contributed by atoms with E-state index in [2.05, 4.69) is 0 Å². The summed E-state index contributed by atoms with van der Waals surface area (Å²) in [6.45, 7) is 1.77. The third-order valence-electron chi connectivity index (χ3n) is 2.84. The minimum atomic E-state index is -0.395. The van der Waals surface area contributed by atoms with Gasteiger partial charge in [0.05, 0.1) is 12.0 Å². The van der Waals surface area contributed by atoms with Crippen LogP contribution in [-0.4, -0.2) is 15.4 Å². The molecule has 5 heteroatoms. The molecule has 0 spiro atoms. The van der Waals surface area contributed by atoms with E-state index in [0.717, 1.165) is 0 Å². The monoisotopic (exact) mass is 246 g/mol. The van der Waals surface area contributed by atoms with Gasteiger partial charge in [0.2, 0.25) is 0 Å². The maximum Gasteiger partial charge on any atom is 0.263 e. The van der Waals surface area contributed by atoms with Gasteiger partial charge in [0.25, 0.3) is 5.56 Å². The molecule has 2 heterocycles. The van der Waals surface area contributed by atoms with Gasteiger partial charge in [0.1, 0.15) is 17.1 Å². The zero-order valence-corrected chi connectivity index (χ0v) is 10.2. The first-order valence-corrected chi connectivity index (χ1v) is 5.61. The first kappa shape index (κ1) is 12.2. The first-order valence-electron chi connectivity index (χ1n) is 5.61. The van der Waals surface area contributed by atoms with Gasteiger partial charge in [-0.1, -0.05) is 6.92 Å². The van der Waals surface area contributed by atoms with Gasteiger partial charge >= 0.3 is 0 Å². The van der Waals surface area contributed by atoms with E-state index in [1.165, 1.54) is 16.9 Å². The Bertz CT molecular complexity index is 639. The number of hydrogen-bond acceptors (Lipinski definition) is 4. The molecule has 0 saturated carbocycles. The quantitative estimate of drug-likeness (QED) is 0.814. The van der Waals surface area contributed by atoms with Gasteiger partial charge in [0, 0.05) is 18.8 Å². The lowest BCUT2D eigenvalue weighted by molar-refractivity contribution is 0.470. The number of aromatic hydroxyl groups is 1. The van der Waals surface area contributed by atoms with Crippen molar-refractivity contribution < 1.29 is 9.52 Å². The minimum Gasteiger partial charge on any atom is -0.507 e. The van der Waals surface area contributed by atoms with Crippen molar-refractivity contribution in [2.45, 2.75) is 13.3 Å². The van der Waals surface area contributed by atoms with Crippen LogP contribution in [0.3, 0.4) is 0 Å². The summed E-state index contributed by atoms with van der Waals surface area (Å²) >= 11 is 0. The van der Waals surface area contributed by atoms with Crippen molar-refractivity contribution in [3.05, 3.63) is 40.4 Å². The number of nitrogens with zero attached hydrogens (tertiary/aromatic N) is 1. The van der Waals surface area contributed by atoms with Gasteiger partial charge in [-0.2, -0.15) is 0 Å². The van der Waals surface area contributed by atoms with E-state index >= 15 is 0 Å². The molecule has 0 amide bonds. The SMILES string of the molecule is CCC(=N)c1c(O)cc(-c2ccco2)n(C)c1=O. The van der Waals surface area contributed by atoms with Gasteiger partial charge in [-0.15, -0.1) is 0 Å². The molecule has 0 aliphatic heterocycles. The van der Waals surface area contributed by atoms with Crippen molar-refractivity contribution in [2.75, 3.05) is 0 Å². The topological polar surface area (TPSA) is 79.2 Å². The number of hydrogen-bond donors (Lipinski definition) is 2. The Labute approximate surface area is 104 Å². The fourth-order valence-electron chi connectivity index (χ4n) is 1.81. The van der Waals surface area contributed by atoms with Crippen molar-refractivity contribution in [1.29, 1.82) is 5.41 Å². The largest absolute Gasteiger partial charge is 0.507 e. The average molecular weight is 246 g/mol. The Hall–Kier alpha value is -2.30. The molecule has 0 atom stereocenters. The van der Waals surface area contributed by atoms with Crippen LogP contribution < -0.4 is 5.56 Å². The third kappa shape index (κ3) is 1.84. The average Bonchev–Trinajstić information content (AvgIpc) is 2.87. The van der Waals surface area contributed by atoms with E-state index in [4.69, 9.17) is 9.83 Å². The Morgan fingerprint density at radius 1 is 1.56 bits per heavy atom. The van der Waals surface area contributed by atoms with Crippen molar-refractivity contribution in [3.8, 4) is 17.2 Å².